The predicted octanol–water partition coefficient (Wildman–Crippen LogP) is 7.29. The van der Waals surface area contributed by atoms with E-state index in [4.69, 9.17) is 4.74 Å². The van der Waals surface area contributed by atoms with Crippen molar-refractivity contribution in [2.75, 3.05) is 5.32 Å². The van der Waals surface area contributed by atoms with Gasteiger partial charge in [-0.15, -0.1) is 0 Å². The summed E-state index contributed by atoms with van der Waals surface area (Å²) in [6, 6.07) is 25.4. The lowest BCUT2D eigenvalue weighted by atomic mass is 9.98. The van der Waals surface area contributed by atoms with Gasteiger partial charge in [0.2, 0.25) is 0 Å². The van der Waals surface area contributed by atoms with Gasteiger partial charge >= 0.3 is 12.1 Å². The Labute approximate surface area is 206 Å². The second kappa shape index (κ2) is 10.5. The Bertz CT molecular complexity index is 1380. The molecular formula is C29H22F3NO3. The van der Waals surface area contributed by atoms with Crippen molar-refractivity contribution in [1.82, 2.24) is 0 Å². The van der Waals surface area contributed by atoms with E-state index >= 15 is 0 Å². The highest BCUT2D eigenvalue weighted by atomic mass is 19.4. The fourth-order valence-corrected chi connectivity index (χ4v) is 3.70. The maximum Gasteiger partial charge on any atom is 0.416 e. The van der Waals surface area contributed by atoms with E-state index in [0.29, 0.717) is 11.1 Å². The Hall–Kier alpha value is -4.39. The quantitative estimate of drug-likeness (QED) is 0.289. The number of rotatable bonds is 6. The summed E-state index contributed by atoms with van der Waals surface area (Å²) in [6.07, 6.45) is -4.45. The van der Waals surface area contributed by atoms with Crippen molar-refractivity contribution in [3.8, 4) is 11.1 Å². The van der Waals surface area contributed by atoms with E-state index in [1.54, 1.807) is 42.5 Å². The Balaban J connectivity index is 1.58. The number of hydrogen-bond donors (Lipinski definition) is 1. The number of ether oxygens (including phenoxy) is 1. The molecule has 4 aromatic rings. The second-order valence-corrected chi connectivity index (χ2v) is 8.19. The number of nitrogens with one attached hydrogen (secondary N) is 1. The number of esters is 1. The molecule has 0 aliphatic rings. The summed E-state index contributed by atoms with van der Waals surface area (Å²) < 4.78 is 44.3. The average molecular weight is 489 g/mol. The van der Waals surface area contributed by atoms with Crippen LogP contribution in [0.25, 0.3) is 11.1 Å². The van der Waals surface area contributed by atoms with Crippen LogP contribution in [0.4, 0.5) is 18.9 Å². The van der Waals surface area contributed by atoms with Crippen LogP contribution in [0, 0.1) is 6.92 Å². The van der Waals surface area contributed by atoms with E-state index in [-0.39, 0.29) is 23.4 Å². The van der Waals surface area contributed by atoms with Crippen LogP contribution in [0.1, 0.15) is 37.4 Å². The van der Waals surface area contributed by atoms with Crippen LogP contribution in [-0.4, -0.2) is 11.9 Å². The zero-order valence-electron chi connectivity index (χ0n) is 19.3. The predicted molar refractivity (Wildman–Crippen MR) is 132 cm³/mol. The minimum atomic E-state index is -4.45. The normalized spacial score (nSPS) is 11.1. The lowest BCUT2D eigenvalue weighted by molar-refractivity contribution is -0.137. The molecule has 0 aliphatic carbocycles. The summed E-state index contributed by atoms with van der Waals surface area (Å²) in [5, 5.41) is 2.76. The van der Waals surface area contributed by atoms with Crippen molar-refractivity contribution >= 4 is 17.6 Å². The molecule has 0 saturated carbocycles. The van der Waals surface area contributed by atoms with Gasteiger partial charge in [0.1, 0.15) is 6.61 Å². The Kier molecular flexibility index (Phi) is 7.20. The van der Waals surface area contributed by atoms with Gasteiger partial charge in [-0.3, -0.25) is 4.79 Å². The van der Waals surface area contributed by atoms with Gasteiger partial charge in [0.25, 0.3) is 5.91 Å². The first-order valence-electron chi connectivity index (χ1n) is 11.1. The van der Waals surface area contributed by atoms with Gasteiger partial charge in [0.05, 0.1) is 16.8 Å². The molecule has 4 aromatic carbocycles. The molecule has 0 atom stereocenters. The van der Waals surface area contributed by atoms with Crippen LogP contribution in [0.5, 0.6) is 0 Å². The van der Waals surface area contributed by atoms with Gasteiger partial charge in [0, 0.05) is 5.56 Å². The maximum atomic E-state index is 13.2. The van der Waals surface area contributed by atoms with Crippen molar-refractivity contribution in [2.45, 2.75) is 19.7 Å². The van der Waals surface area contributed by atoms with Crippen LogP contribution in [0.2, 0.25) is 0 Å². The number of aryl methyl sites for hydroxylation is 1. The molecule has 0 aromatic heterocycles. The van der Waals surface area contributed by atoms with Gasteiger partial charge in [-0.1, -0.05) is 72.3 Å². The first-order chi connectivity index (χ1) is 17.2. The molecule has 0 heterocycles. The molecule has 182 valence electrons. The largest absolute Gasteiger partial charge is 0.457 e. The summed E-state index contributed by atoms with van der Waals surface area (Å²) in [5.41, 5.74) is 2.51. The van der Waals surface area contributed by atoms with Gasteiger partial charge in [0.15, 0.2) is 0 Å². The van der Waals surface area contributed by atoms with Gasteiger partial charge < -0.3 is 10.1 Å². The number of hydrogen-bond acceptors (Lipinski definition) is 3. The van der Waals surface area contributed by atoms with Crippen molar-refractivity contribution < 1.29 is 27.5 Å². The van der Waals surface area contributed by atoms with E-state index < -0.39 is 23.6 Å². The summed E-state index contributed by atoms with van der Waals surface area (Å²) in [7, 11) is 0. The van der Waals surface area contributed by atoms with Crippen LogP contribution in [0.3, 0.4) is 0 Å². The van der Waals surface area contributed by atoms with E-state index in [2.05, 4.69) is 5.32 Å². The molecular weight excluding hydrogens is 467 g/mol. The standard InChI is InChI=1S/C29H22F3NO3/c1-19-11-16-26(25(17-19)28(35)36-18-20-7-3-2-4-8-20)33-27(34)24-10-6-5-9-23(24)21-12-14-22(15-13-21)29(30,31)32/h2-17H,18H2,1H3,(H,33,34). The lowest BCUT2D eigenvalue weighted by Crippen LogP contribution is -2.17. The third-order valence-electron chi connectivity index (χ3n) is 5.55. The minimum Gasteiger partial charge on any atom is -0.457 e. The summed E-state index contributed by atoms with van der Waals surface area (Å²) in [4.78, 5) is 26.1. The van der Waals surface area contributed by atoms with Gasteiger partial charge in [-0.25, -0.2) is 4.79 Å². The summed E-state index contributed by atoms with van der Waals surface area (Å²) >= 11 is 0. The molecule has 0 fully saturated rings. The number of anilines is 1. The van der Waals surface area contributed by atoms with Crippen LogP contribution in [-0.2, 0) is 17.5 Å². The molecule has 36 heavy (non-hydrogen) atoms. The maximum absolute atomic E-state index is 13.2. The summed E-state index contributed by atoms with van der Waals surface area (Å²) in [5.74, 6) is -1.10. The van der Waals surface area contributed by atoms with E-state index in [0.717, 1.165) is 23.3 Å². The first kappa shape index (κ1) is 24.7. The smallest absolute Gasteiger partial charge is 0.416 e. The van der Waals surface area contributed by atoms with Crippen molar-refractivity contribution in [2.24, 2.45) is 0 Å². The molecule has 7 heteroatoms. The number of carbonyl (C=O) groups is 2. The van der Waals surface area contributed by atoms with Crippen LogP contribution < -0.4 is 5.32 Å². The Morgan fingerprint density at radius 1 is 0.806 bits per heavy atom. The van der Waals surface area contributed by atoms with Gasteiger partial charge in [-0.2, -0.15) is 13.2 Å². The number of halogens is 3. The highest BCUT2D eigenvalue weighted by molar-refractivity contribution is 6.11. The molecule has 0 spiro atoms. The van der Waals surface area contributed by atoms with E-state index in [1.165, 1.54) is 12.1 Å². The molecule has 1 amide bonds. The SMILES string of the molecule is Cc1ccc(NC(=O)c2ccccc2-c2ccc(C(F)(F)F)cc2)c(C(=O)OCc2ccccc2)c1. The van der Waals surface area contributed by atoms with Crippen molar-refractivity contribution in [1.29, 1.82) is 0 Å². The first-order valence-corrected chi connectivity index (χ1v) is 11.1. The Morgan fingerprint density at radius 2 is 1.47 bits per heavy atom. The molecule has 4 nitrogen and oxygen atoms in total. The van der Waals surface area contributed by atoms with Crippen molar-refractivity contribution in [3.05, 3.63) is 125 Å². The highest BCUT2D eigenvalue weighted by Crippen LogP contribution is 2.32. The zero-order valence-corrected chi connectivity index (χ0v) is 19.3. The third kappa shape index (κ3) is 5.81. The Morgan fingerprint density at radius 3 is 2.17 bits per heavy atom. The molecule has 4 rings (SSSR count). The molecule has 0 aliphatic heterocycles. The highest BCUT2D eigenvalue weighted by Gasteiger charge is 2.30. The van der Waals surface area contributed by atoms with E-state index in [1.807, 2.05) is 37.3 Å². The van der Waals surface area contributed by atoms with E-state index in [9.17, 15) is 22.8 Å². The second-order valence-electron chi connectivity index (χ2n) is 8.19. The molecule has 1 N–H and O–H groups in total. The average Bonchev–Trinajstić information content (AvgIpc) is 2.88. The molecule has 0 unspecified atom stereocenters. The monoisotopic (exact) mass is 489 g/mol. The molecule has 0 bridgehead atoms. The number of carbonyl (C=O) groups excluding carboxylic acids is 2. The van der Waals surface area contributed by atoms with Crippen LogP contribution >= 0.6 is 0 Å². The number of benzene rings is 4. The third-order valence-corrected chi connectivity index (χ3v) is 5.55. The topological polar surface area (TPSA) is 55.4 Å². The molecule has 0 saturated heterocycles. The fourth-order valence-electron chi connectivity index (χ4n) is 3.70. The van der Waals surface area contributed by atoms with Crippen LogP contribution in [0.15, 0.2) is 97.1 Å². The summed E-state index contributed by atoms with van der Waals surface area (Å²) in [6.45, 7) is 1.90. The zero-order chi connectivity index (χ0) is 25.7. The number of amides is 1. The van der Waals surface area contributed by atoms with Crippen molar-refractivity contribution in [3.63, 3.8) is 0 Å². The lowest BCUT2D eigenvalue weighted by Gasteiger charge is -2.14. The fraction of sp³-hybridized carbons (Fsp3) is 0.103. The molecule has 0 radical (unpaired) electrons. The number of alkyl halides is 3. The minimum absolute atomic E-state index is 0.0811. The van der Waals surface area contributed by atoms with Gasteiger partial charge in [-0.05, 0) is 53.9 Å².